The molecule has 0 saturated heterocycles. The number of hydrogen-bond acceptors (Lipinski definition) is 3. The summed E-state index contributed by atoms with van der Waals surface area (Å²) in [5.74, 6) is 0.562. The average molecular weight is 204 g/mol. The van der Waals surface area contributed by atoms with Gasteiger partial charge in [-0.05, 0) is 12.8 Å². The summed E-state index contributed by atoms with van der Waals surface area (Å²) < 4.78 is 1.42. The first-order valence-corrected chi connectivity index (χ1v) is 5.12. The Morgan fingerprint density at radius 1 is 1.53 bits per heavy atom. The number of aromatic amines is 1. The number of H-pyrrole nitrogens is 1. The zero-order valence-electron chi connectivity index (χ0n) is 8.23. The lowest BCUT2D eigenvalue weighted by Gasteiger charge is -2.23. The molecule has 1 saturated carbocycles. The first-order valence-electron chi connectivity index (χ1n) is 5.12. The summed E-state index contributed by atoms with van der Waals surface area (Å²) in [7, 11) is 0. The van der Waals surface area contributed by atoms with Gasteiger partial charge in [-0.2, -0.15) is 4.52 Å². The van der Waals surface area contributed by atoms with Crippen LogP contribution in [0.1, 0.15) is 30.9 Å². The monoisotopic (exact) mass is 204 g/mol. The van der Waals surface area contributed by atoms with Crippen molar-refractivity contribution in [2.75, 3.05) is 5.73 Å². The minimum absolute atomic E-state index is 0.175. The number of nitrogens with zero attached hydrogens (tertiary/aromatic N) is 2. The van der Waals surface area contributed by atoms with Gasteiger partial charge in [-0.15, -0.1) is 0 Å². The third-order valence-corrected chi connectivity index (χ3v) is 3.09. The van der Waals surface area contributed by atoms with Crippen LogP contribution in [0.3, 0.4) is 0 Å². The average Bonchev–Trinajstić information content (AvgIpc) is 2.53. The van der Waals surface area contributed by atoms with Crippen LogP contribution in [0, 0.1) is 0 Å². The van der Waals surface area contributed by atoms with Gasteiger partial charge in [0.15, 0.2) is 5.65 Å². The van der Waals surface area contributed by atoms with E-state index in [1.165, 1.54) is 30.0 Å². The molecule has 0 aliphatic heterocycles. The number of rotatable bonds is 1. The number of nitrogen functional groups attached to an aromatic ring is 1. The molecule has 2 heterocycles. The SMILES string of the molecule is Nc1cnc2cc(C3CCC3)[nH]n2c1=O. The van der Waals surface area contributed by atoms with Crippen LogP contribution >= 0.6 is 0 Å². The summed E-state index contributed by atoms with van der Waals surface area (Å²) in [5.41, 5.74) is 7.20. The lowest BCUT2D eigenvalue weighted by atomic mass is 9.83. The fourth-order valence-electron chi connectivity index (χ4n) is 1.92. The van der Waals surface area contributed by atoms with Crippen LogP contribution < -0.4 is 11.3 Å². The molecule has 0 atom stereocenters. The highest BCUT2D eigenvalue weighted by molar-refractivity contribution is 5.45. The van der Waals surface area contributed by atoms with E-state index in [9.17, 15) is 4.79 Å². The predicted molar refractivity (Wildman–Crippen MR) is 56.8 cm³/mol. The molecule has 0 radical (unpaired) electrons. The van der Waals surface area contributed by atoms with E-state index in [2.05, 4.69) is 10.1 Å². The Balaban J connectivity index is 2.21. The predicted octanol–water partition coefficient (Wildman–Crippen LogP) is 0.872. The zero-order valence-corrected chi connectivity index (χ0v) is 8.23. The third kappa shape index (κ3) is 1.16. The molecule has 1 aliphatic rings. The molecular formula is C10H12N4O. The minimum atomic E-state index is -0.217. The van der Waals surface area contributed by atoms with E-state index in [-0.39, 0.29) is 11.2 Å². The van der Waals surface area contributed by atoms with E-state index in [0.29, 0.717) is 11.6 Å². The van der Waals surface area contributed by atoms with Crippen molar-refractivity contribution in [2.45, 2.75) is 25.2 Å². The summed E-state index contributed by atoms with van der Waals surface area (Å²) in [6.07, 6.45) is 5.06. The van der Waals surface area contributed by atoms with Crippen LogP contribution in [0.5, 0.6) is 0 Å². The van der Waals surface area contributed by atoms with Gasteiger partial charge in [0, 0.05) is 17.7 Å². The second kappa shape index (κ2) is 2.85. The fourth-order valence-corrected chi connectivity index (χ4v) is 1.92. The maximum atomic E-state index is 11.6. The van der Waals surface area contributed by atoms with Crippen molar-refractivity contribution >= 4 is 11.3 Å². The first-order chi connectivity index (χ1) is 7.25. The van der Waals surface area contributed by atoms with Crippen molar-refractivity contribution in [1.29, 1.82) is 0 Å². The molecule has 1 fully saturated rings. The summed E-state index contributed by atoms with van der Waals surface area (Å²) in [4.78, 5) is 15.7. The summed E-state index contributed by atoms with van der Waals surface area (Å²) in [6, 6.07) is 1.94. The standard InChI is InChI=1S/C10H12N4O/c11-7-5-12-9-4-8(6-2-1-3-6)13-14(9)10(7)15/h4-6,13H,1-3,11H2. The molecule has 0 amide bonds. The molecule has 15 heavy (non-hydrogen) atoms. The van der Waals surface area contributed by atoms with Gasteiger partial charge in [0.2, 0.25) is 0 Å². The van der Waals surface area contributed by atoms with Crippen molar-refractivity contribution < 1.29 is 0 Å². The van der Waals surface area contributed by atoms with E-state index in [4.69, 9.17) is 5.73 Å². The van der Waals surface area contributed by atoms with Gasteiger partial charge in [-0.3, -0.25) is 9.89 Å². The molecule has 5 nitrogen and oxygen atoms in total. The topological polar surface area (TPSA) is 76.2 Å². The molecular weight excluding hydrogens is 192 g/mol. The van der Waals surface area contributed by atoms with Gasteiger partial charge >= 0.3 is 0 Å². The zero-order chi connectivity index (χ0) is 10.4. The molecule has 78 valence electrons. The van der Waals surface area contributed by atoms with Gasteiger partial charge in [-0.1, -0.05) is 6.42 Å². The number of nitrogens with one attached hydrogen (secondary N) is 1. The van der Waals surface area contributed by atoms with Crippen molar-refractivity contribution in [3.8, 4) is 0 Å². The van der Waals surface area contributed by atoms with Crippen molar-refractivity contribution in [2.24, 2.45) is 0 Å². The molecule has 1 aliphatic carbocycles. The molecule has 0 spiro atoms. The number of aromatic nitrogens is 3. The van der Waals surface area contributed by atoms with Gasteiger partial charge in [0.05, 0.1) is 6.20 Å². The van der Waals surface area contributed by atoms with Crippen LogP contribution in [-0.2, 0) is 0 Å². The van der Waals surface area contributed by atoms with E-state index >= 15 is 0 Å². The van der Waals surface area contributed by atoms with E-state index in [0.717, 1.165) is 5.69 Å². The number of nitrogens with two attached hydrogens (primary N) is 1. The molecule has 2 aromatic rings. The van der Waals surface area contributed by atoms with Crippen LogP contribution in [0.2, 0.25) is 0 Å². The van der Waals surface area contributed by atoms with Crippen molar-refractivity contribution in [1.82, 2.24) is 14.6 Å². The Kier molecular flexibility index (Phi) is 1.62. The number of fused-ring (bicyclic) bond motifs is 1. The summed E-state index contributed by atoms with van der Waals surface area (Å²) in [6.45, 7) is 0. The van der Waals surface area contributed by atoms with Crippen LogP contribution in [0.15, 0.2) is 17.1 Å². The molecule has 0 aromatic carbocycles. The molecule has 3 rings (SSSR count). The van der Waals surface area contributed by atoms with Crippen LogP contribution in [-0.4, -0.2) is 14.6 Å². The Hall–Kier alpha value is -1.78. The lowest BCUT2D eigenvalue weighted by Crippen LogP contribution is -2.19. The van der Waals surface area contributed by atoms with E-state index < -0.39 is 0 Å². The summed E-state index contributed by atoms with van der Waals surface area (Å²) in [5, 5.41) is 3.07. The highest BCUT2D eigenvalue weighted by atomic mass is 16.1. The number of hydrogen-bond donors (Lipinski definition) is 2. The first kappa shape index (κ1) is 8.52. The maximum Gasteiger partial charge on any atom is 0.295 e. The number of anilines is 1. The van der Waals surface area contributed by atoms with Gasteiger partial charge in [0.25, 0.3) is 5.56 Å². The normalized spacial score (nSPS) is 16.8. The molecule has 2 aromatic heterocycles. The Bertz CT molecular complexity index is 564. The fraction of sp³-hybridized carbons (Fsp3) is 0.400. The van der Waals surface area contributed by atoms with E-state index in [1.54, 1.807) is 0 Å². The maximum absolute atomic E-state index is 11.6. The Morgan fingerprint density at radius 3 is 3.00 bits per heavy atom. The third-order valence-electron chi connectivity index (χ3n) is 3.09. The lowest BCUT2D eigenvalue weighted by molar-refractivity contribution is 0.409. The van der Waals surface area contributed by atoms with Crippen LogP contribution in [0.4, 0.5) is 5.69 Å². The van der Waals surface area contributed by atoms with E-state index in [1.807, 2.05) is 6.07 Å². The quantitative estimate of drug-likeness (QED) is 0.723. The Labute approximate surface area is 85.9 Å². The van der Waals surface area contributed by atoms with Crippen molar-refractivity contribution in [3.05, 3.63) is 28.3 Å². The van der Waals surface area contributed by atoms with Gasteiger partial charge < -0.3 is 5.73 Å². The molecule has 5 heteroatoms. The smallest absolute Gasteiger partial charge is 0.295 e. The molecule has 0 unspecified atom stereocenters. The van der Waals surface area contributed by atoms with Gasteiger partial charge in [0.1, 0.15) is 5.69 Å². The second-order valence-corrected chi connectivity index (χ2v) is 4.05. The highest BCUT2D eigenvalue weighted by Gasteiger charge is 2.21. The largest absolute Gasteiger partial charge is 0.393 e. The highest BCUT2D eigenvalue weighted by Crippen LogP contribution is 2.35. The van der Waals surface area contributed by atoms with Gasteiger partial charge in [-0.25, -0.2) is 4.98 Å². The summed E-state index contributed by atoms with van der Waals surface area (Å²) >= 11 is 0. The van der Waals surface area contributed by atoms with Crippen molar-refractivity contribution in [3.63, 3.8) is 0 Å². The second-order valence-electron chi connectivity index (χ2n) is 4.05. The molecule has 3 N–H and O–H groups in total. The minimum Gasteiger partial charge on any atom is -0.393 e. The Morgan fingerprint density at radius 2 is 2.33 bits per heavy atom. The van der Waals surface area contributed by atoms with Crippen LogP contribution in [0.25, 0.3) is 5.65 Å². The molecule has 0 bridgehead atoms.